The molecular weight excluding hydrogens is 727 g/mol. The molecule has 0 atom stereocenters. The van der Waals surface area contributed by atoms with Gasteiger partial charge in [-0.3, -0.25) is 0 Å². The Morgan fingerprint density at radius 1 is 0.860 bits per heavy atom. The van der Waals surface area contributed by atoms with Crippen LogP contribution in [0.5, 0.6) is 0 Å². The van der Waals surface area contributed by atoms with Crippen LogP contribution in [0.4, 0.5) is 0 Å². The van der Waals surface area contributed by atoms with E-state index >= 15 is 0 Å². The number of furan rings is 1. The molecule has 6 heteroatoms. The van der Waals surface area contributed by atoms with E-state index in [9.17, 15) is 0 Å². The maximum atomic E-state index is 8.73. The Bertz CT molecular complexity index is 2110. The van der Waals surface area contributed by atoms with Crippen LogP contribution in [-0.4, -0.2) is 15.0 Å². The summed E-state index contributed by atoms with van der Waals surface area (Å²) in [6.45, 7) is 11.8. The monoisotopic (exact) mass is 762 g/mol. The number of thiophene rings is 1. The minimum Gasteiger partial charge on any atom is -0.486 e. The quantitative estimate of drug-likeness (QED) is 0.168. The molecule has 7 aromatic rings. The van der Waals surface area contributed by atoms with Crippen molar-refractivity contribution in [3.05, 3.63) is 113 Å². The molecule has 0 spiro atoms. The third kappa shape index (κ3) is 6.62. The second kappa shape index (κ2) is 12.5. The Labute approximate surface area is 273 Å². The number of aryl methyl sites for hydroxylation is 3. The van der Waals surface area contributed by atoms with E-state index in [0.29, 0.717) is 5.71 Å². The number of pyridine rings is 3. The first-order valence-electron chi connectivity index (χ1n) is 14.9. The number of nitrogens with zero attached hydrogens (tertiary/aromatic N) is 3. The van der Waals surface area contributed by atoms with Crippen LogP contribution in [0.2, 0.25) is 0 Å². The molecule has 5 aromatic heterocycles. The van der Waals surface area contributed by atoms with Gasteiger partial charge in [0, 0.05) is 61.3 Å². The van der Waals surface area contributed by atoms with Crippen molar-refractivity contribution in [3.63, 3.8) is 0 Å². The normalized spacial score (nSPS) is 12.4. The van der Waals surface area contributed by atoms with Gasteiger partial charge in [-0.1, -0.05) is 49.9 Å². The average molecular weight is 762 g/mol. The van der Waals surface area contributed by atoms with Crippen molar-refractivity contribution in [1.29, 1.82) is 0 Å². The summed E-state index contributed by atoms with van der Waals surface area (Å²) in [5, 5.41) is 2.96. The van der Waals surface area contributed by atoms with Crippen molar-refractivity contribution in [1.82, 2.24) is 15.0 Å². The summed E-state index contributed by atoms with van der Waals surface area (Å²) in [4.78, 5) is 14.3. The number of hydrogen-bond donors (Lipinski definition) is 0. The van der Waals surface area contributed by atoms with Gasteiger partial charge in [-0.2, -0.15) is 0 Å². The summed E-state index contributed by atoms with van der Waals surface area (Å²) in [5.41, 5.74) is 7.46. The molecular formula is C37H33IrN3OS-2. The molecule has 4 nitrogen and oxygen atoms in total. The first-order valence-corrected chi connectivity index (χ1v) is 14.8. The summed E-state index contributed by atoms with van der Waals surface area (Å²) < 4.78 is 24.6. The van der Waals surface area contributed by atoms with E-state index in [-0.39, 0.29) is 20.1 Å². The maximum absolute atomic E-state index is 8.73. The molecule has 0 N–H and O–H groups in total. The minimum absolute atomic E-state index is 0. The first-order chi connectivity index (χ1) is 20.9. The van der Waals surface area contributed by atoms with Gasteiger partial charge in [0.05, 0.1) is 5.58 Å². The number of hydrogen-bond acceptors (Lipinski definition) is 5. The van der Waals surface area contributed by atoms with E-state index in [0.717, 1.165) is 65.1 Å². The first kappa shape index (κ1) is 28.1. The van der Waals surface area contributed by atoms with Crippen LogP contribution in [0.3, 0.4) is 0 Å². The molecule has 0 aliphatic rings. The molecule has 219 valence electrons. The number of benzene rings is 2. The topological polar surface area (TPSA) is 51.8 Å². The van der Waals surface area contributed by atoms with Crippen molar-refractivity contribution >= 4 is 43.5 Å². The molecule has 0 saturated heterocycles. The van der Waals surface area contributed by atoms with Gasteiger partial charge in [-0.25, -0.2) is 4.98 Å². The van der Waals surface area contributed by atoms with Gasteiger partial charge in [0.2, 0.25) is 5.71 Å². The maximum Gasteiger partial charge on any atom is 0.216 e. The van der Waals surface area contributed by atoms with Gasteiger partial charge >= 0.3 is 0 Å². The Morgan fingerprint density at radius 2 is 1.67 bits per heavy atom. The Kier molecular flexibility index (Phi) is 8.16. The summed E-state index contributed by atoms with van der Waals surface area (Å²) in [6.07, 6.45) is 2.28. The van der Waals surface area contributed by atoms with Gasteiger partial charge in [-0.05, 0) is 67.2 Å². The Hall–Kier alpha value is -3.70. The molecule has 0 amide bonds. The van der Waals surface area contributed by atoms with Gasteiger partial charge in [0.1, 0.15) is 0 Å². The van der Waals surface area contributed by atoms with Crippen LogP contribution in [-0.2, 0) is 26.5 Å². The van der Waals surface area contributed by atoms with Crippen LogP contribution >= 0.6 is 11.3 Å². The van der Waals surface area contributed by atoms with Crippen molar-refractivity contribution < 1.29 is 27.3 Å². The van der Waals surface area contributed by atoms with Gasteiger partial charge in [0.25, 0.3) is 0 Å². The molecule has 0 fully saturated rings. The molecule has 0 aliphatic heterocycles. The predicted molar refractivity (Wildman–Crippen MR) is 175 cm³/mol. The molecule has 0 bridgehead atoms. The molecule has 0 aliphatic carbocycles. The van der Waals surface area contributed by atoms with Crippen LogP contribution in [0, 0.1) is 38.3 Å². The van der Waals surface area contributed by atoms with Gasteiger partial charge in [-0.15, -0.1) is 65.4 Å². The van der Waals surface area contributed by atoms with Crippen LogP contribution in [0.25, 0.3) is 54.7 Å². The smallest absolute Gasteiger partial charge is 0.216 e. The van der Waals surface area contributed by atoms with E-state index in [1.807, 2.05) is 115 Å². The number of rotatable bonds is 3. The molecule has 7 rings (SSSR count). The number of fused-ring (bicyclic) bond motifs is 4. The van der Waals surface area contributed by atoms with Gasteiger partial charge in [0.15, 0.2) is 0 Å². The van der Waals surface area contributed by atoms with E-state index in [1.165, 1.54) is 16.9 Å². The summed E-state index contributed by atoms with van der Waals surface area (Å²) >= 11 is 1.51. The molecule has 0 saturated carbocycles. The van der Waals surface area contributed by atoms with E-state index in [1.54, 1.807) is 0 Å². The third-order valence-corrected chi connectivity index (χ3v) is 8.07. The molecule has 43 heavy (non-hydrogen) atoms. The second-order valence-electron chi connectivity index (χ2n) is 11.5. The summed E-state index contributed by atoms with van der Waals surface area (Å²) in [7, 11) is 0. The van der Waals surface area contributed by atoms with Crippen LogP contribution in [0.15, 0.2) is 83.5 Å². The fraction of sp³-hybridized carbons (Fsp3) is 0.216. The van der Waals surface area contributed by atoms with E-state index in [4.69, 9.17) is 12.1 Å². The minimum atomic E-state index is -1.44. The average Bonchev–Trinajstić information content (AvgIpc) is 3.54. The second-order valence-corrected chi connectivity index (χ2v) is 12.5. The van der Waals surface area contributed by atoms with E-state index in [2.05, 4.69) is 28.2 Å². The van der Waals surface area contributed by atoms with Crippen molar-refractivity contribution in [2.24, 2.45) is 5.41 Å². The van der Waals surface area contributed by atoms with Crippen molar-refractivity contribution in [3.8, 4) is 22.5 Å². The molecule has 2 aromatic carbocycles. The summed E-state index contributed by atoms with van der Waals surface area (Å²) in [5.74, 6) is 0. The fourth-order valence-corrected chi connectivity index (χ4v) is 6.12. The van der Waals surface area contributed by atoms with Crippen LogP contribution in [0.1, 0.15) is 45.2 Å². The Balaban J connectivity index is 0.000000240. The zero-order valence-corrected chi connectivity index (χ0v) is 28.2. The molecule has 1 radical (unpaired) electrons. The Morgan fingerprint density at radius 3 is 2.40 bits per heavy atom. The third-order valence-electron chi connectivity index (χ3n) is 6.90. The van der Waals surface area contributed by atoms with E-state index < -0.39 is 11.8 Å². The van der Waals surface area contributed by atoms with Crippen LogP contribution < -0.4 is 0 Å². The van der Waals surface area contributed by atoms with Crippen molar-refractivity contribution in [2.75, 3.05) is 0 Å². The SMILES string of the molecule is Cc1ccc(-c2[c-]cccc2)nc1.[2H]C([2H])(c1sc2cc(-c3[c-]ccc4c3oc3nc(C)ccc34)ncc2c1C)C(C)(C)C.[Ir]. The molecule has 0 unspecified atom stereocenters. The zero-order valence-electron chi connectivity index (χ0n) is 27.0. The largest absolute Gasteiger partial charge is 0.486 e. The zero-order chi connectivity index (χ0) is 31.2. The predicted octanol–water partition coefficient (Wildman–Crippen LogP) is 10.1. The number of aromatic nitrogens is 3. The van der Waals surface area contributed by atoms with Crippen molar-refractivity contribution in [2.45, 2.75) is 47.9 Å². The summed E-state index contributed by atoms with van der Waals surface area (Å²) in [6, 6.07) is 28.3. The molecule has 5 heterocycles. The van der Waals surface area contributed by atoms with Gasteiger partial charge < -0.3 is 14.4 Å². The fourth-order valence-electron chi connectivity index (χ4n) is 4.79. The standard InChI is InChI=1S/C25H23N2OS.C12H10N.Ir/c1-14-9-10-17-16-7-6-8-18(23(16)28-24(17)27-14)20-11-21-19(13-26-20)15(2)22(29-21)12-25(3,4)5;1-10-7-8-12(13-9-10)11-5-3-2-4-6-11;/h6-7,9-11,13H,12H2,1-5H3;2-5,7-9H,1H3;/q2*-1;/i12D2;;.